The van der Waals surface area contributed by atoms with Crippen molar-refractivity contribution in [2.75, 3.05) is 39.3 Å². The second-order valence-corrected chi connectivity index (χ2v) is 11.5. The number of amides is 2. The third-order valence-corrected chi connectivity index (χ3v) is 8.69. The van der Waals surface area contributed by atoms with E-state index in [4.69, 9.17) is 0 Å². The van der Waals surface area contributed by atoms with Crippen molar-refractivity contribution in [2.24, 2.45) is 17.9 Å². The van der Waals surface area contributed by atoms with Gasteiger partial charge in [-0.1, -0.05) is 0 Å². The standard InChI is InChI=1S/C23H28F6N8O/c1-33-15(6-17(31-33)22(24,25)26)9-34-4-2-20(3-5-34)10-35(11-20)19(38)36-12-21(13-36)7-16(8-21)37-14-30-18(32-37)23(27,28)29/h6,14,16H,2-5,7-13H2,1H3. The van der Waals surface area contributed by atoms with E-state index in [0.717, 1.165) is 38.3 Å². The first-order valence-corrected chi connectivity index (χ1v) is 12.6. The minimum atomic E-state index is -4.56. The first-order valence-electron chi connectivity index (χ1n) is 12.6. The number of halogens is 6. The molecule has 1 saturated carbocycles. The van der Waals surface area contributed by atoms with Gasteiger partial charge in [0.25, 0.3) is 5.82 Å². The fourth-order valence-corrected chi connectivity index (χ4v) is 6.49. The summed E-state index contributed by atoms with van der Waals surface area (Å²) in [4.78, 5) is 22.1. The van der Waals surface area contributed by atoms with E-state index >= 15 is 0 Å². The Bertz CT molecular complexity index is 1210. The molecule has 5 heterocycles. The summed E-state index contributed by atoms with van der Waals surface area (Å²) in [6.45, 7) is 4.46. The molecular formula is C23H28F6N8O. The largest absolute Gasteiger partial charge is 0.453 e. The third-order valence-electron chi connectivity index (χ3n) is 8.69. The van der Waals surface area contributed by atoms with Crippen LogP contribution in [0.1, 0.15) is 48.9 Å². The molecule has 2 amide bonds. The van der Waals surface area contributed by atoms with Crippen molar-refractivity contribution in [1.29, 1.82) is 0 Å². The van der Waals surface area contributed by atoms with E-state index in [-0.39, 0.29) is 22.9 Å². The van der Waals surface area contributed by atoms with Crippen LogP contribution in [0, 0.1) is 10.8 Å². The fourth-order valence-electron chi connectivity index (χ4n) is 6.49. The molecule has 2 aromatic heterocycles. The smallest absolute Gasteiger partial charge is 0.323 e. The van der Waals surface area contributed by atoms with E-state index in [2.05, 4.69) is 20.1 Å². The van der Waals surface area contributed by atoms with Crippen molar-refractivity contribution in [2.45, 2.75) is 50.6 Å². The maximum Gasteiger partial charge on any atom is 0.453 e. The average molecular weight is 547 g/mol. The van der Waals surface area contributed by atoms with Gasteiger partial charge in [0.15, 0.2) is 5.69 Å². The van der Waals surface area contributed by atoms with Gasteiger partial charge in [-0.2, -0.15) is 31.4 Å². The predicted molar refractivity (Wildman–Crippen MR) is 119 cm³/mol. The molecular weight excluding hydrogens is 518 g/mol. The molecule has 2 spiro atoms. The fraction of sp³-hybridized carbons (Fsp3) is 0.739. The van der Waals surface area contributed by atoms with Gasteiger partial charge >= 0.3 is 18.4 Å². The summed E-state index contributed by atoms with van der Waals surface area (Å²) in [6, 6.07) is 0.978. The van der Waals surface area contributed by atoms with Crippen molar-refractivity contribution >= 4 is 6.03 Å². The normalized spacial score (nSPS) is 23.4. The Morgan fingerprint density at radius 3 is 2.08 bits per heavy atom. The van der Waals surface area contributed by atoms with Crippen molar-refractivity contribution in [1.82, 2.24) is 39.2 Å². The van der Waals surface area contributed by atoms with Crippen LogP contribution in [-0.4, -0.2) is 84.5 Å². The Balaban J connectivity index is 0.935. The Hall–Kier alpha value is -2.84. The van der Waals surface area contributed by atoms with Gasteiger partial charge < -0.3 is 9.80 Å². The number of piperidine rings is 1. The van der Waals surface area contributed by atoms with Crippen molar-refractivity contribution in [3.63, 3.8) is 0 Å². The molecule has 0 N–H and O–H groups in total. The van der Waals surface area contributed by atoms with Crippen LogP contribution in [0.2, 0.25) is 0 Å². The van der Waals surface area contributed by atoms with Gasteiger partial charge in [-0.25, -0.2) is 14.5 Å². The SMILES string of the molecule is Cn1nc(C(F)(F)F)cc1CN1CCC2(CC1)CN(C(=O)N1CC3(CC(n4cnc(C(F)(F)F)n4)C3)C1)C2. The molecule has 0 radical (unpaired) electrons. The molecule has 38 heavy (non-hydrogen) atoms. The van der Waals surface area contributed by atoms with E-state index in [1.54, 1.807) is 4.90 Å². The number of rotatable bonds is 3. The van der Waals surface area contributed by atoms with Crippen LogP contribution in [0.25, 0.3) is 0 Å². The minimum absolute atomic E-state index is 0.00167. The zero-order valence-electron chi connectivity index (χ0n) is 20.8. The summed E-state index contributed by atoms with van der Waals surface area (Å²) in [5.41, 5.74) is -0.344. The molecule has 3 aliphatic heterocycles. The lowest BCUT2D eigenvalue weighted by molar-refractivity contribution is -0.145. The highest BCUT2D eigenvalue weighted by Crippen LogP contribution is 2.54. The van der Waals surface area contributed by atoms with Crippen LogP contribution >= 0.6 is 0 Å². The summed E-state index contributed by atoms with van der Waals surface area (Å²) in [6.07, 6.45) is -4.77. The Labute approximate surface area is 214 Å². The number of aromatic nitrogens is 5. The predicted octanol–water partition coefficient (Wildman–Crippen LogP) is 3.40. The summed E-state index contributed by atoms with van der Waals surface area (Å²) in [7, 11) is 1.52. The van der Waals surface area contributed by atoms with Gasteiger partial charge in [0, 0.05) is 50.6 Å². The highest BCUT2D eigenvalue weighted by atomic mass is 19.4. The molecule has 9 nitrogen and oxygen atoms in total. The lowest BCUT2D eigenvalue weighted by atomic mass is 9.60. The molecule has 2 aromatic rings. The van der Waals surface area contributed by atoms with E-state index in [1.165, 1.54) is 16.4 Å². The van der Waals surface area contributed by atoms with Crippen LogP contribution in [0.3, 0.4) is 0 Å². The molecule has 4 fully saturated rings. The van der Waals surface area contributed by atoms with E-state index in [0.29, 0.717) is 51.3 Å². The first-order chi connectivity index (χ1) is 17.7. The van der Waals surface area contributed by atoms with Gasteiger partial charge in [-0.3, -0.25) is 9.58 Å². The number of carbonyl (C=O) groups is 1. The zero-order chi connectivity index (χ0) is 27.1. The highest BCUT2D eigenvalue weighted by Gasteiger charge is 2.57. The number of nitrogens with zero attached hydrogens (tertiary/aromatic N) is 8. The molecule has 6 rings (SSSR count). The summed E-state index contributed by atoms with van der Waals surface area (Å²) in [5.74, 6) is -1.13. The Morgan fingerprint density at radius 2 is 1.55 bits per heavy atom. The highest BCUT2D eigenvalue weighted by molar-refractivity contribution is 5.76. The topological polar surface area (TPSA) is 75.3 Å². The van der Waals surface area contributed by atoms with E-state index < -0.39 is 23.9 Å². The second kappa shape index (κ2) is 8.33. The number of likely N-dealkylation sites (tertiary alicyclic amines) is 3. The van der Waals surface area contributed by atoms with Crippen molar-refractivity contribution < 1.29 is 31.1 Å². The number of aryl methyl sites for hydroxylation is 1. The van der Waals surface area contributed by atoms with Crippen LogP contribution in [0.15, 0.2) is 12.4 Å². The molecule has 0 unspecified atom stereocenters. The monoisotopic (exact) mass is 546 g/mol. The van der Waals surface area contributed by atoms with Crippen LogP contribution < -0.4 is 0 Å². The summed E-state index contributed by atoms with van der Waals surface area (Å²) in [5, 5.41) is 7.14. The molecule has 0 aromatic carbocycles. The number of alkyl halides is 6. The molecule has 15 heteroatoms. The summed E-state index contributed by atoms with van der Waals surface area (Å²) >= 11 is 0. The third kappa shape index (κ3) is 4.41. The van der Waals surface area contributed by atoms with Crippen LogP contribution in [0.4, 0.5) is 31.1 Å². The van der Waals surface area contributed by atoms with E-state index in [1.807, 2.05) is 4.90 Å². The Morgan fingerprint density at radius 1 is 0.947 bits per heavy atom. The molecule has 3 saturated heterocycles. The average Bonchev–Trinajstić information content (AvgIpc) is 3.38. The minimum Gasteiger partial charge on any atom is -0.323 e. The maximum atomic E-state index is 12.9. The lowest BCUT2D eigenvalue weighted by Gasteiger charge is -2.61. The van der Waals surface area contributed by atoms with Gasteiger partial charge in [0.2, 0.25) is 0 Å². The van der Waals surface area contributed by atoms with Gasteiger partial charge in [-0.15, -0.1) is 5.10 Å². The van der Waals surface area contributed by atoms with Crippen LogP contribution in [-0.2, 0) is 25.9 Å². The quantitative estimate of drug-likeness (QED) is 0.552. The van der Waals surface area contributed by atoms with Crippen molar-refractivity contribution in [3.8, 4) is 0 Å². The molecule has 0 bridgehead atoms. The zero-order valence-corrected chi connectivity index (χ0v) is 20.8. The van der Waals surface area contributed by atoms with E-state index in [9.17, 15) is 31.1 Å². The maximum absolute atomic E-state index is 12.9. The second-order valence-electron chi connectivity index (χ2n) is 11.5. The van der Waals surface area contributed by atoms with Crippen LogP contribution in [0.5, 0.6) is 0 Å². The number of urea groups is 1. The molecule has 208 valence electrons. The number of hydrogen-bond acceptors (Lipinski definition) is 5. The number of carbonyl (C=O) groups excluding carboxylic acids is 1. The van der Waals surface area contributed by atoms with Gasteiger partial charge in [0.05, 0.1) is 11.7 Å². The molecule has 4 aliphatic rings. The van der Waals surface area contributed by atoms with Gasteiger partial charge in [-0.05, 0) is 44.8 Å². The lowest BCUT2D eigenvalue weighted by Crippen LogP contribution is -2.70. The first kappa shape index (κ1) is 25.4. The Kier molecular flexibility index (Phi) is 5.57. The number of hydrogen-bond donors (Lipinski definition) is 0. The summed E-state index contributed by atoms with van der Waals surface area (Å²) < 4.78 is 79.6. The molecule has 0 atom stereocenters. The van der Waals surface area contributed by atoms with Crippen molar-refractivity contribution in [3.05, 3.63) is 29.6 Å². The van der Waals surface area contributed by atoms with Gasteiger partial charge in [0.1, 0.15) is 6.33 Å². The molecule has 1 aliphatic carbocycles.